The summed E-state index contributed by atoms with van der Waals surface area (Å²) < 4.78 is 0. The molecule has 3 unspecified atom stereocenters. The van der Waals surface area contributed by atoms with Crippen molar-refractivity contribution in [1.82, 2.24) is 5.32 Å². The Morgan fingerprint density at radius 2 is 1.57 bits per heavy atom. The van der Waals surface area contributed by atoms with Gasteiger partial charge in [0.05, 0.1) is 12.1 Å². The van der Waals surface area contributed by atoms with Gasteiger partial charge in [-0.05, 0) is 25.8 Å². The third-order valence-corrected chi connectivity index (χ3v) is 3.26. The smallest absolute Gasteiger partial charge is 0.242 e. The monoisotopic (exact) mass is 330 g/mol. The van der Waals surface area contributed by atoms with Gasteiger partial charge < -0.3 is 34.0 Å². The number of rotatable bonds is 12. The summed E-state index contributed by atoms with van der Waals surface area (Å²) in [6.07, 6.45) is 1.52. The number of ketones is 1. The summed E-state index contributed by atoms with van der Waals surface area (Å²) in [7, 11) is 0. The zero-order valence-electron chi connectivity index (χ0n) is 13.0. The van der Waals surface area contributed by atoms with Crippen LogP contribution in [0.1, 0.15) is 32.1 Å². The van der Waals surface area contributed by atoms with E-state index in [-0.39, 0.29) is 12.8 Å². The SMILES string of the molecule is NCCCCC(N)C(=O)NC(CCC(N)=O)C(=O)C(N)C(N)=O. The number of carbonyl (C=O) groups excluding carboxylic acids is 4. The third kappa shape index (κ3) is 8.24. The van der Waals surface area contributed by atoms with Gasteiger partial charge in [-0.1, -0.05) is 6.42 Å². The molecule has 0 aliphatic carbocycles. The molecule has 3 atom stereocenters. The molecule has 0 saturated carbocycles. The van der Waals surface area contributed by atoms with Crippen molar-refractivity contribution >= 4 is 23.5 Å². The van der Waals surface area contributed by atoms with Crippen molar-refractivity contribution in [3.63, 3.8) is 0 Å². The van der Waals surface area contributed by atoms with E-state index in [9.17, 15) is 19.2 Å². The number of amides is 3. The molecule has 3 amide bonds. The van der Waals surface area contributed by atoms with Crippen LogP contribution in [0, 0.1) is 0 Å². The standard InChI is InChI=1S/C13H26N6O4/c14-6-2-1-3-7(15)13(23)19-8(4-5-9(16)20)11(21)10(17)12(18)22/h7-8,10H,1-6,14-15,17H2,(H2,16,20)(H2,18,22)(H,19,23). The fourth-order valence-corrected chi connectivity index (χ4v) is 1.85. The first-order chi connectivity index (χ1) is 10.7. The second-order valence-electron chi connectivity index (χ2n) is 5.24. The lowest BCUT2D eigenvalue weighted by atomic mass is 9.99. The highest BCUT2D eigenvalue weighted by Crippen LogP contribution is 2.04. The minimum absolute atomic E-state index is 0.0869. The summed E-state index contributed by atoms with van der Waals surface area (Å²) in [5, 5.41) is 2.39. The minimum atomic E-state index is -1.58. The average Bonchev–Trinajstić information content (AvgIpc) is 2.49. The molecule has 0 saturated heterocycles. The quantitative estimate of drug-likeness (QED) is 0.157. The van der Waals surface area contributed by atoms with E-state index in [2.05, 4.69) is 5.32 Å². The Labute approximate surface area is 134 Å². The molecular weight excluding hydrogens is 304 g/mol. The Morgan fingerprint density at radius 3 is 2.04 bits per heavy atom. The zero-order chi connectivity index (χ0) is 18.0. The van der Waals surface area contributed by atoms with Gasteiger partial charge in [-0.2, -0.15) is 0 Å². The fourth-order valence-electron chi connectivity index (χ4n) is 1.85. The van der Waals surface area contributed by atoms with Crippen LogP contribution in [-0.4, -0.2) is 48.2 Å². The van der Waals surface area contributed by atoms with Gasteiger partial charge in [-0.25, -0.2) is 0 Å². The predicted octanol–water partition coefficient (Wildman–Crippen LogP) is -3.43. The summed E-state index contributed by atoms with van der Waals surface area (Å²) >= 11 is 0. The largest absolute Gasteiger partial charge is 0.370 e. The molecule has 0 rings (SSSR count). The average molecular weight is 330 g/mol. The van der Waals surface area contributed by atoms with Crippen LogP contribution in [0.3, 0.4) is 0 Å². The van der Waals surface area contributed by atoms with Crippen molar-refractivity contribution < 1.29 is 19.2 Å². The summed E-state index contributed by atoms with van der Waals surface area (Å²) in [5.41, 5.74) is 26.5. The Morgan fingerprint density at radius 1 is 0.957 bits per heavy atom. The van der Waals surface area contributed by atoms with Gasteiger partial charge in [0.15, 0.2) is 5.78 Å². The number of carbonyl (C=O) groups is 4. The molecule has 132 valence electrons. The van der Waals surface area contributed by atoms with E-state index in [1.54, 1.807) is 0 Å². The molecule has 0 radical (unpaired) electrons. The number of nitrogens with two attached hydrogens (primary N) is 5. The van der Waals surface area contributed by atoms with Crippen LogP contribution in [0.5, 0.6) is 0 Å². The van der Waals surface area contributed by atoms with E-state index in [0.29, 0.717) is 19.4 Å². The molecule has 0 aromatic carbocycles. The van der Waals surface area contributed by atoms with Crippen LogP contribution in [0.15, 0.2) is 0 Å². The Hall–Kier alpha value is -2.04. The van der Waals surface area contributed by atoms with E-state index in [1.807, 2.05) is 0 Å². The summed E-state index contributed by atoms with van der Waals surface area (Å²) in [6, 6.07) is -3.57. The fraction of sp³-hybridized carbons (Fsp3) is 0.692. The summed E-state index contributed by atoms with van der Waals surface area (Å²) in [4.78, 5) is 45.9. The molecule has 23 heavy (non-hydrogen) atoms. The second kappa shape index (κ2) is 10.6. The van der Waals surface area contributed by atoms with Crippen molar-refractivity contribution in [2.75, 3.05) is 6.54 Å². The van der Waals surface area contributed by atoms with Crippen LogP contribution >= 0.6 is 0 Å². The van der Waals surface area contributed by atoms with Crippen LogP contribution in [-0.2, 0) is 19.2 Å². The first kappa shape index (κ1) is 21.0. The van der Waals surface area contributed by atoms with Crippen LogP contribution < -0.4 is 34.0 Å². The van der Waals surface area contributed by atoms with Gasteiger partial charge in [-0.3, -0.25) is 19.2 Å². The molecule has 0 aliphatic rings. The molecule has 0 fully saturated rings. The van der Waals surface area contributed by atoms with Gasteiger partial charge in [0, 0.05) is 6.42 Å². The van der Waals surface area contributed by atoms with Gasteiger partial charge in [0.1, 0.15) is 6.04 Å². The molecule has 10 heteroatoms. The Bertz CT molecular complexity index is 442. The van der Waals surface area contributed by atoms with E-state index < -0.39 is 41.6 Å². The topological polar surface area (TPSA) is 210 Å². The third-order valence-electron chi connectivity index (χ3n) is 3.26. The van der Waals surface area contributed by atoms with E-state index in [0.717, 1.165) is 6.42 Å². The van der Waals surface area contributed by atoms with Crippen LogP contribution in [0.4, 0.5) is 0 Å². The molecule has 0 bridgehead atoms. The summed E-state index contributed by atoms with van der Waals surface area (Å²) in [6.45, 7) is 0.488. The van der Waals surface area contributed by atoms with Crippen molar-refractivity contribution in [1.29, 1.82) is 0 Å². The maximum atomic E-state index is 12.1. The highest BCUT2D eigenvalue weighted by molar-refractivity contribution is 6.08. The number of hydrogen-bond donors (Lipinski definition) is 6. The first-order valence-corrected chi connectivity index (χ1v) is 7.33. The molecule has 0 heterocycles. The maximum Gasteiger partial charge on any atom is 0.242 e. The molecule has 10 nitrogen and oxygen atoms in total. The number of primary amides is 2. The molecule has 11 N–H and O–H groups in total. The lowest BCUT2D eigenvalue weighted by molar-refractivity contribution is -0.133. The number of hydrogen-bond acceptors (Lipinski definition) is 7. The number of unbranched alkanes of at least 4 members (excludes halogenated alkanes) is 1. The Kier molecular flexibility index (Phi) is 9.70. The molecule has 0 aromatic rings. The Balaban J connectivity index is 4.79. The van der Waals surface area contributed by atoms with Gasteiger partial charge in [-0.15, -0.1) is 0 Å². The van der Waals surface area contributed by atoms with E-state index >= 15 is 0 Å². The van der Waals surface area contributed by atoms with Gasteiger partial charge in [0.2, 0.25) is 17.7 Å². The predicted molar refractivity (Wildman–Crippen MR) is 83.4 cm³/mol. The van der Waals surface area contributed by atoms with E-state index in [4.69, 9.17) is 28.7 Å². The van der Waals surface area contributed by atoms with E-state index in [1.165, 1.54) is 0 Å². The zero-order valence-corrected chi connectivity index (χ0v) is 13.0. The van der Waals surface area contributed by atoms with Crippen LogP contribution in [0.25, 0.3) is 0 Å². The van der Waals surface area contributed by atoms with Crippen molar-refractivity contribution in [2.45, 2.75) is 50.2 Å². The highest BCUT2D eigenvalue weighted by Gasteiger charge is 2.30. The lowest BCUT2D eigenvalue weighted by Crippen LogP contribution is -2.55. The molecule has 0 aliphatic heterocycles. The minimum Gasteiger partial charge on any atom is -0.370 e. The van der Waals surface area contributed by atoms with Crippen molar-refractivity contribution in [3.05, 3.63) is 0 Å². The number of Topliss-reactive ketones (excluding diaryl/α,β-unsaturated/α-hetero) is 1. The van der Waals surface area contributed by atoms with Gasteiger partial charge in [0.25, 0.3) is 0 Å². The maximum absolute atomic E-state index is 12.1. The second-order valence-corrected chi connectivity index (χ2v) is 5.24. The molecule has 0 spiro atoms. The summed E-state index contributed by atoms with van der Waals surface area (Å²) in [5.74, 6) is -3.06. The molecular formula is C13H26N6O4. The normalized spacial score (nSPS) is 14.6. The van der Waals surface area contributed by atoms with Gasteiger partial charge >= 0.3 is 0 Å². The van der Waals surface area contributed by atoms with Crippen LogP contribution in [0.2, 0.25) is 0 Å². The molecule has 0 aromatic heterocycles. The first-order valence-electron chi connectivity index (χ1n) is 7.33. The lowest BCUT2D eigenvalue weighted by Gasteiger charge is -2.21. The van der Waals surface area contributed by atoms with Crippen molar-refractivity contribution in [3.8, 4) is 0 Å². The number of nitrogens with one attached hydrogen (secondary N) is 1. The highest BCUT2D eigenvalue weighted by atomic mass is 16.2. The van der Waals surface area contributed by atoms with Crippen molar-refractivity contribution in [2.24, 2.45) is 28.7 Å².